The van der Waals surface area contributed by atoms with Gasteiger partial charge < -0.3 is 4.74 Å². The molecule has 0 saturated heterocycles. The van der Waals surface area contributed by atoms with Crippen molar-refractivity contribution >= 4 is 0 Å². The molecule has 4 heteroatoms. The van der Waals surface area contributed by atoms with Crippen molar-refractivity contribution in [3.8, 4) is 5.75 Å². The molecular formula is C25H37F3O. The van der Waals surface area contributed by atoms with Gasteiger partial charge in [-0.15, -0.1) is 0 Å². The Hall–Kier alpha value is -1.97. The average Bonchev–Trinajstić information content (AvgIpc) is 2.61. The molecule has 29 heavy (non-hydrogen) atoms. The summed E-state index contributed by atoms with van der Waals surface area (Å²) >= 11 is 0. The van der Waals surface area contributed by atoms with E-state index in [9.17, 15) is 13.2 Å². The molecule has 0 heterocycles. The molecule has 0 aliphatic carbocycles. The molecule has 0 fully saturated rings. The Labute approximate surface area is 175 Å². The van der Waals surface area contributed by atoms with Gasteiger partial charge in [0.1, 0.15) is 5.75 Å². The minimum absolute atomic E-state index is 0.104. The Morgan fingerprint density at radius 2 is 1.21 bits per heavy atom. The van der Waals surface area contributed by atoms with E-state index in [1.54, 1.807) is 33.9 Å². The van der Waals surface area contributed by atoms with Gasteiger partial charge in [0.2, 0.25) is 0 Å². The van der Waals surface area contributed by atoms with Crippen molar-refractivity contribution < 1.29 is 17.9 Å². The summed E-state index contributed by atoms with van der Waals surface area (Å²) in [7, 11) is 1.71. The van der Waals surface area contributed by atoms with E-state index in [0.29, 0.717) is 17.0 Å². The first kappa shape index (κ1) is 27.0. The van der Waals surface area contributed by atoms with Crippen molar-refractivity contribution in [1.29, 1.82) is 0 Å². The number of alkyl halides is 3. The lowest BCUT2D eigenvalue weighted by Crippen LogP contribution is -2.11. The predicted molar refractivity (Wildman–Crippen MR) is 118 cm³/mol. The van der Waals surface area contributed by atoms with Crippen molar-refractivity contribution in [1.82, 2.24) is 0 Å². The Kier molecular flexibility index (Phi) is 11.1. The number of ether oxygens (including phenoxy) is 1. The minimum atomic E-state index is -4.24. The third-order valence-corrected chi connectivity index (χ3v) is 4.59. The van der Waals surface area contributed by atoms with Gasteiger partial charge in [0, 0.05) is 0 Å². The van der Waals surface area contributed by atoms with Gasteiger partial charge in [-0.2, -0.15) is 13.2 Å². The summed E-state index contributed by atoms with van der Waals surface area (Å²) in [5.41, 5.74) is 4.70. The first-order chi connectivity index (χ1) is 13.4. The highest BCUT2D eigenvalue weighted by molar-refractivity contribution is 5.42. The van der Waals surface area contributed by atoms with Crippen LogP contribution in [-0.4, -0.2) is 7.11 Å². The van der Waals surface area contributed by atoms with Crippen LogP contribution in [0.15, 0.2) is 30.3 Å². The number of halogens is 3. The van der Waals surface area contributed by atoms with Crippen molar-refractivity contribution in [3.05, 3.63) is 63.7 Å². The largest absolute Gasteiger partial charge is 0.497 e. The van der Waals surface area contributed by atoms with Gasteiger partial charge >= 0.3 is 6.18 Å². The maximum absolute atomic E-state index is 12.6. The monoisotopic (exact) mass is 410 g/mol. The molecule has 0 amide bonds. The fourth-order valence-electron chi connectivity index (χ4n) is 3.66. The summed E-state index contributed by atoms with van der Waals surface area (Å²) in [5.74, 6) is 1.44. The van der Waals surface area contributed by atoms with Gasteiger partial charge in [-0.25, -0.2) is 0 Å². The zero-order valence-electron chi connectivity index (χ0n) is 19.6. The summed E-state index contributed by atoms with van der Waals surface area (Å²) in [6.07, 6.45) is -4.24. The molecule has 0 aliphatic rings. The molecule has 0 spiro atoms. The van der Waals surface area contributed by atoms with Crippen LogP contribution in [0.5, 0.6) is 5.75 Å². The quantitative estimate of drug-likeness (QED) is 0.492. The molecule has 0 aliphatic heterocycles. The van der Waals surface area contributed by atoms with Crippen LogP contribution in [0.1, 0.15) is 86.8 Å². The minimum Gasteiger partial charge on any atom is -0.497 e. The molecule has 0 aromatic heterocycles. The van der Waals surface area contributed by atoms with Gasteiger partial charge in [-0.1, -0.05) is 53.7 Å². The normalized spacial score (nSPS) is 10.9. The molecule has 2 rings (SSSR count). The lowest BCUT2D eigenvalue weighted by molar-refractivity contribution is -0.138. The second-order valence-electron chi connectivity index (χ2n) is 7.52. The van der Waals surface area contributed by atoms with E-state index in [0.717, 1.165) is 11.8 Å². The third kappa shape index (κ3) is 7.75. The molecule has 0 N–H and O–H groups in total. The average molecular weight is 411 g/mol. The van der Waals surface area contributed by atoms with E-state index >= 15 is 0 Å². The topological polar surface area (TPSA) is 9.23 Å². The standard InChI is InChI=1S/C12H18O.C11H13F3.C2H6/c1-8(2)12-9(3)6-11(13-5)7-10(12)4;1-7(2)10-8(3)5-4-6-9(10)11(12,13)14;1-2/h6-8H,1-5H3;4-7H,1-3H3;1-2H3. The molecular weight excluding hydrogens is 373 g/mol. The van der Waals surface area contributed by atoms with Crippen LogP contribution in [0.4, 0.5) is 13.2 Å². The van der Waals surface area contributed by atoms with Gasteiger partial charge in [-0.3, -0.25) is 0 Å². The Morgan fingerprint density at radius 3 is 1.52 bits per heavy atom. The van der Waals surface area contributed by atoms with E-state index in [1.165, 1.54) is 22.8 Å². The van der Waals surface area contributed by atoms with Crippen LogP contribution in [0.2, 0.25) is 0 Å². The molecule has 0 radical (unpaired) electrons. The molecule has 1 nitrogen and oxygen atoms in total. The van der Waals surface area contributed by atoms with Gasteiger partial charge in [0.25, 0.3) is 0 Å². The van der Waals surface area contributed by atoms with Crippen molar-refractivity contribution in [2.24, 2.45) is 0 Å². The second-order valence-corrected chi connectivity index (χ2v) is 7.52. The lowest BCUT2D eigenvalue weighted by Gasteiger charge is -2.17. The number of methoxy groups -OCH3 is 1. The third-order valence-electron chi connectivity index (χ3n) is 4.59. The number of benzene rings is 2. The summed E-state index contributed by atoms with van der Waals surface area (Å²) in [6.45, 7) is 18.0. The summed E-state index contributed by atoms with van der Waals surface area (Å²) in [4.78, 5) is 0. The van der Waals surface area contributed by atoms with Crippen LogP contribution < -0.4 is 4.74 Å². The fraction of sp³-hybridized carbons (Fsp3) is 0.520. The first-order valence-corrected chi connectivity index (χ1v) is 10.2. The number of hydrogen-bond acceptors (Lipinski definition) is 1. The highest BCUT2D eigenvalue weighted by atomic mass is 19.4. The Morgan fingerprint density at radius 1 is 0.759 bits per heavy atom. The van der Waals surface area contributed by atoms with Gasteiger partial charge in [-0.05, 0) is 78.6 Å². The summed E-state index contributed by atoms with van der Waals surface area (Å²) in [6, 6.07) is 8.50. The van der Waals surface area contributed by atoms with Crippen LogP contribution >= 0.6 is 0 Å². The highest BCUT2D eigenvalue weighted by Gasteiger charge is 2.34. The van der Waals surface area contributed by atoms with E-state index < -0.39 is 11.7 Å². The second kappa shape index (κ2) is 11.9. The van der Waals surface area contributed by atoms with E-state index in [4.69, 9.17) is 4.74 Å². The predicted octanol–water partition coefficient (Wildman–Crippen LogP) is 8.60. The van der Waals surface area contributed by atoms with E-state index in [2.05, 4.69) is 39.8 Å². The molecule has 0 unspecified atom stereocenters. The first-order valence-electron chi connectivity index (χ1n) is 10.2. The summed E-state index contributed by atoms with van der Waals surface area (Å²) < 4.78 is 43.0. The fourth-order valence-corrected chi connectivity index (χ4v) is 3.66. The Balaban J connectivity index is 0.000000499. The molecule has 2 aromatic carbocycles. The molecule has 0 atom stereocenters. The molecule has 164 valence electrons. The molecule has 2 aromatic rings. The zero-order valence-corrected chi connectivity index (χ0v) is 19.6. The van der Waals surface area contributed by atoms with Crippen LogP contribution in [-0.2, 0) is 6.18 Å². The SMILES string of the molecule is CC.COc1cc(C)c(C(C)C)c(C)c1.Cc1cccc(C(F)(F)F)c1C(C)C. The maximum Gasteiger partial charge on any atom is 0.416 e. The zero-order chi connectivity index (χ0) is 22.9. The van der Waals surface area contributed by atoms with Crippen LogP contribution in [0, 0.1) is 20.8 Å². The lowest BCUT2D eigenvalue weighted by atomic mass is 9.92. The Bertz CT molecular complexity index is 736. The van der Waals surface area contributed by atoms with Gasteiger partial charge in [0.05, 0.1) is 12.7 Å². The van der Waals surface area contributed by atoms with Gasteiger partial charge in [0.15, 0.2) is 0 Å². The number of aryl methyl sites for hydroxylation is 3. The number of hydrogen-bond donors (Lipinski definition) is 0. The number of rotatable bonds is 3. The maximum atomic E-state index is 12.6. The van der Waals surface area contributed by atoms with Crippen molar-refractivity contribution in [3.63, 3.8) is 0 Å². The van der Waals surface area contributed by atoms with E-state index in [1.807, 2.05) is 13.8 Å². The summed E-state index contributed by atoms with van der Waals surface area (Å²) in [5, 5.41) is 0. The van der Waals surface area contributed by atoms with Crippen LogP contribution in [0.3, 0.4) is 0 Å². The van der Waals surface area contributed by atoms with E-state index in [-0.39, 0.29) is 5.92 Å². The van der Waals surface area contributed by atoms with Crippen molar-refractivity contribution in [2.45, 2.75) is 80.3 Å². The highest BCUT2D eigenvalue weighted by Crippen LogP contribution is 2.36. The molecule has 0 bridgehead atoms. The van der Waals surface area contributed by atoms with Crippen LogP contribution in [0.25, 0.3) is 0 Å². The smallest absolute Gasteiger partial charge is 0.416 e. The van der Waals surface area contributed by atoms with Crippen molar-refractivity contribution in [2.75, 3.05) is 7.11 Å². The molecule has 0 saturated carbocycles.